The summed E-state index contributed by atoms with van der Waals surface area (Å²) in [6, 6.07) is 12.2. The van der Waals surface area contributed by atoms with E-state index in [1.165, 1.54) is 0 Å². The van der Waals surface area contributed by atoms with Gasteiger partial charge in [0.15, 0.2) is 11.5 Å². The van der Waals surface area contributed by atoms with E-state index >= 15 is 0 Å². The number of nitrogens with zero attached hydrogens (tertiary/aromatic N) is 2. The van der Waals surface area contributed by atoms with Crippen molar-refractivity contribution in [3.05, 3.63) is 53.6 Å². The van der Waals surface area contributed by atoms with Crippen molar-refractivity contribution in [2.45, 2.75) is 18.9 Å². The fourth-order valence-corrected chi connectivity index (χ4v) is 4.21. The average Bonchev–Trinajstić information content (AvgIpc) is 3.28. The van der Waals surface area contributed by atoms with Gasteiger partial charge in [-0.3, -0.25) is 14.5 Å². The quantitative estimate of drug-likeness (QED) is 0.784. The first-order chi connectivity index (χ1) is 14.5. The predicted octanol–water partition coefficient (Wildman–Crippen LogP) is 1.81. The lowest BCUT2D eigenvalue weighted by Gasteiger charge is -2.25. The Kier molecular flexibility index (Phi) is 4.16. The topological polar surface area (TPSA) is 88.2 Å². The van der Waals surface area contributed by atoms with Gasteiger partial charge in [-0.1, -0.05) is 24.3 Å². The number of fused-ring (bicyclic) bond motifs is 2. The van der Waals surface area contributed by atoms with Crippen molar-refractivity contribution >= 4 is 23.5 Å². The second-order valence-corrected chi connectivity index (χ2v) is 7.73. The number of rotatable bonds is 3. The lowest BCUT2D eigenvalue weighted by Crippen LogP contribution is -2.44. The largest absolute Gasteiger partial charge is 0.486 e. The molecule has 0 bridgehead atoms. The second-order valence-electron chi connectivity index (χ2n) is 7.73. The number of nitrogens with one attached hydrogen (secondary N) is 1. The molecule has 0 saturated carbocycles. The Hall–Kier alpha value is -3.55. The molecule has 1 atom stereocenters. The van der Waals surface area contributed by atoms with Gasteiger partial charge in [0, 0.05) is 12.2 Å². The van der Waals surface area contributed by atoms with E-state index in [4.69, 9.17) is 9.47 Å². The van der Waals surface area contributed by atoms with Crippen molar-refractivity contribution in [1.82, 2.24) is 10.2 Å². The van der Waals surface area contributed by atoms with Crippen molar-refractivity contribution in [3.63, 3.8) is 0 Å². The van der Waals surface area contributed by atoms with Gasteiger partial charge in [0.05, 0.1) is 0 Å². The van der Waals surface area contributed by atoms with Crippen LogP contribution in [0.4, 0.5) is 10.5 Å². The summed E-state index contributed by atoms with van der Waals surface area (Å²) in [7, 11) is 0. The smallest absolute Gasteiger partial charge is 0.325 e. The number of amides is 4. The van der Waals surface area contributed by atoms with Crippen LogP contribution in [0.3, 0.4) is 0 Å². The number of carbonyl (C=O) groups excluding carboxylic acids is 3. The lowest BCUT2D eigenvalue weighted by atomic mass is 9.91. The van der Waals surface area contributed by atoms with E-state index in [9.17, 15) is 14.4 Å². The SMILES string of the molecule is C[C@]1(c2ccc3c(c2)OCCO3)NC(=O)N(CC(=O)N2CCc3ccccc32)C1=O. The molecule has 2 aromatic carbocycles. The van der Waals surface area contributed by atoms with E-state index < -0.39 is 17.5 Å². The molecule has 0 unspecified atom stereocenters. The van der Waals surface area contributed by atoms with Crippen molar-refractivity contribution in [2.24, 2.45) is 0 Å². The predicted molar refractivity (Wildman–Crippen MR) is 108 cm³/mol. The van der Waals surface area contributed by atoms with E-state index in [2.05, 4.69) is 5.32 Å². The highest BCUT2D eigenvalue weighted by molar-refractivity contribution is 6.10. The molecule has 3 heterocycles. The molecular weight excluding hydrogens is 386 g/mol. The van der Waals surface area contributed by atoms with Gasteiger partial charge < -0.3 is 19.7 Å². The van der Waals surface area contributed by atoms with Crippen LogP contribution in [0, 0.1) is 0 Å². The summed E-state index contributed by atoms with van der Waals surface area (Å²) >= 11 is 0. The highest BCUT2D eigenvalue weighted by Gasteiger charge is 2.50. The van der Waals surface area contributed by atoms with Gasteiger partial charge in [0.2, 0.25) is 5.91 Å². The minimum Gasteiger partial charge on any atom is -0.486 e. The van der Waals surface area contributed by atoms with Gasteiger partial charge in [-0.25, -0.2) is 4.79 Å². The van der Waals surface area contributed by atoms with Crippen LogP contribution in [0.15, 0.2) is 42.5 Å². The zero-order chi connectivity index (χ0) is 20.9. The molecule has 5 rings (SSSR count). The fourth-order valence-electron chi connectivity index (χ4n) is 4.21. The van der Waals surface area contributed by atoms with E-state index in [-0.39, 0.29) is 12.5 Å². The minimum atomic E-state index is -1.28. The first kappa shape index (κ1) is 18.5. The molecule has 1 saturated heterocycles. The lowest BCUT2D eigenvalue weighted by molar-refractivity contribution is -0.134. The molecule has 30 heavy (non-hydrogen) atoms. The molecule has 0 aromatic heterocycles. The molecule has 0 aliphatic carbocycles. The first-order valence-electron chi connectivity index (χ1n) is 9.90. The summed E-state index contributed by atoms with van der Waals surface area (Å²) in [5.41, 5.74) is 1.22. The molecule has 3 aliphatic heterocycles. The Labute approximate surface area is 173 Å². The Bertz CT molecular complexity index is 1070. The average molecular weight is 407 g/mol. The number of benzene rings is 2. The highest BCUT2D eigenvalue weighted by Crippen LogP contribution is 2.37. The Morgan fingerprint density at radius 1 is 1.10 bits per heavy atom. The zero-order valence-electron chi connectivity index (χ0n) is 16.5. The third kappa shape index (κ3) is 2.79. The number of hydrogen-bond donors (Lipinski definition) is 1. The molecule has 8 nitrogen and oxygen atoms in total. The summed E-state index contributed by atoms with van der Waals surface area (Å²) in [6.07, 6.45) is 0.761. The molecule has 1 fully saturated rings. The first-order valence-corrected chi connectivity index (χ1v) is 9.90. The maximum absolute atomic E-state index is 13.2. The molecule has 0 spiro atoms. The minimum absolute atomic E-state index is 0.283. The summed E-state index contributed by atoms with van der Waals surface area (Å²) in [5.74, 6) is 0.384. The Morgan fingerprint density at radius 2 is 1.87 bits per heavy atom. The third-order valence-corrected chi connectivity index (χ3v) is 5.88. The van der Waals surface area contributed by atoms with Crippen LogP contribution in [0.25, 0.3) is 0 Å². The second kappa shape index (κ2) is 6.76. The maximum Gasteiger partial charge on any atom is 0.325 e. The number of ether oxygens (including phenoxy) is 2. The van der Waals surface area contributed by atoms with Crippen molar-refractivity contribution in [1.29, 1.82) is 0 Å². The Morgan fingerprint density at radius 3 is 2.70 bits per heavy atom. The van der Waals surface area contributed by atoms with E-state index in [0.29, 0.717) is 36.8 Å². The molecule has 8 heteroatoms. The number of urea groups is 1. The fraction of sp³-hybridized carbons (Fsp3) is 0.318. The molecule has 4 amide bonds. The van der Waals surface area contributed by atoms with E-state index in [0.717, 1.165) is 22.6 Å². The van der Waals surface area contributed by atoms with Crippen LogP contribution in [0.2, 0.25) is 0 Å². The molecule has 3 aliphatic rings. The maximum atomic E-state index is 13.2. The normalized spacial score (nSPS) is 22.2. The summed E-state index contributed by atoms with van der Waals surface area (Å²) in [4.78, 5) is 41.4. The van der Waals surface area contributed by atoms with Crippen molar-refractivity contribution in [3.8, 4) is 11.5 Å². The van der Waals surface area contributed by atoms with Crippen LogP contribution in [-0.4, -0.2) is 49.0 Å². The number of anilines is 1. The zero-order valence-corrected chi connectivity index (χ0v) is 16.5. The number of carbonyl (C=O) groups is 3. The Balaban J connectivity index is 1.37. The summed E-state index contributed by atoms with van der Waals surface area (Å²) < 4.78 is 11.1. The summed E-state index contributed by atoms with van der Waals surface area (Å²) in [5, 5.41) is 2.74. The van der Waals surface area contributed by atoms with Gasteiger partial charge in [-0.05, 0) is 42.7 Å². The van der Waals surface area contributed by atoms with Gasteiger partial charge in [0.25, 0.3) is 5.91 Å². The number of hydrogen-bond acceptors (Lipinski definition) is 5. The van der Waals surface area contributed by atoms with E-state index in [1.807, 2.05) is 24.3 Å². The van der Waals surface area contributed by atoms with Crippen LogP contribution >= 0.6 is 0 Å². The standard InChI is InChI=1S/C22H21N3O5/c1-22(15-6-7-17-18(12-15)30-11-10-29-17)20(27)25(21(28)23-22)13-19(26)24-9-8-14-4-2-3-5-16(14)24/h2-7,12H,8-11,13H2,1H3,(H,23,28)/t22-/m1/s1. The van der Waals surface area contributed by atoms with Gasteiger partial charge in [-0.15, -0.1) is 0 Å². The van der Waals surface area contributed by atoms with Crippen molar-refractivity contribution < 1.29 is 23.9 Å². The third-order valence-electron chi connectivity index (χ3n) is 5.88. The number of imide groups is 1. The number of para-hydroxylation sites is 1. The van der Waals surface area contributed by atoms with Gasteiger partial charge >= 0.3 is 6.03 Å². The molecule has 0 radical (unpaired) electrons. The summed E-state index contributed by atoms with van der Waals surface area (Å²) in [6.45, 7) is 2.76. The van der Waals surface area contributed by atoms with Gasteiger partial charge in [0.1, 0.15) is 25.3 Å². The molecule has 2 aromatic rings. The van der Waals surface area contributed by atoms with Crippen LogP contribution < -0.4 is 19.7 Å². The van der Waals surface area contributed by atoms with Crippen LogP contribution in [0.5, 0.6) is 11.5 Å². The van der Waals surface area contributed by atoms with Crippen LogP contribution in [0.1, 0.15) is 18.1 Å². The molecule has 154 valence electrons. The van der Waals surface area contributed by atoms with Crippen LogP contribution in [-0.2, 0) is 21.5 Å². The molecule has 1 N–H and O–H groups in total. The monoisotopic (exact) mass is 407 g/mol. The van der Waals surface area contributed by atoms with E-state index in [1.54, 1.807) is 30.0 Å². The highest BCUT2D eigenvalue weighted by atomic mass is 16.6. The molecular formula is C22H21N3O5. The van der Waals surface area contributed by atoms with Gasteiger partial charge in [-0.2, -0.15) is 0 Å². The van der Waals surface area contributed by atoms with Crippen molar-refractivity contribution in [2.75, 3.05) is 31.2 Å².